The van der Waals surface area contributed by atoms with Gasteiger partial charge in [-0.25, -0.2) is 19.9 Å². The molecule has 5 heterocycles. The van der Waals surface area contributed by atoms with Gasteiger partial charge in [0.05, 0.1) is 31.0 Å². The second-order valence-corrected chi connectivity index (χ2v) is 10.5. The monoisotopic (exact) mass is 546 g/mol. The van der Waals surface area contributed by atoms with Crippen LogP contribution in [0.3, 0.4) is 0 Å². The number of aliphatic hydroxyl groups is 1. The van der Waals surface area contributed by atoms with E-state index in [-0.39, 0.29) is 36.1 Å². The largest absolute Gasteiger partial charge is 0.356 e. The fraction of sp³-hybridized carbons (Fsp3) is 0.462. The minimum absolute atomic E-state index is 0.103. The van der Waals surface area contributed by atoms with E-state index >= 15 is 0 Å². The lowest BCUT2D eigenvalue weighted by Crippen LogP contribution is -2.56. The first kappa shape index (κ1) is 25.8. The smallest absolute Gasteiger partial charge is 0.278 e. The Morgan fingerprint density at radius 1 is 1.12 bits per heavy atom. The Balaban J connectivity index is 1.17. The van der Waals surface area contributed by atoms with Crippen molar-refractivity contribution in [3.8, 4) is 11.3 Å². The van der Waals surface area contributed by atoms with E-state index in [0.717, 1.165) is 29.8 Å². The van der Waals surface area contributed by atoms with Crippen molar-refractivity contribution in [2.75, 3.05) is 41.8 Å². The fourth-order valence-electron chi connectivity index (χ4n) is 5.22. The number of imidazole rings is 1. The highest BCUT2D eigenvalue weighted by atomic mass is 16.3. The molecule has 3 aromatic heterocycles. The summed E-state index contributed by atoms with van der Waals surface area (Å²) in [5, 5.41) is 13.3. The molecule has 0 spiro atoms. The first-order valence-electron chi connectivity index (χ1n) is 13.3. The minimum Gasteiger partial charge on any atom is -0.356 e. The summed E-state index contributed by atoms with van der Waals surface area (Å²) in [7, 11) is 1.56. The van der Waals surface area contributed by atoms with Crippen LogP contribution in [-0.4, -0.2) is 90.1 Å². The summed E-state index contributed by atoms with van der Waals surface area (Å²) in [5.41, 5.74) is 1.28. The number of anilines is 3. The number of rotatable bonds is 8. The van der Waals surface area contributed by atoms with E-state index in [1.165, 1.54) is 28.4 Å². The molecule has 3 unspecified atom stereocenters. The molecule has 2 amide bonds. The van der Waals surface area contributed by atoms with Crippen molar-refractivity contribution in [1.29, 1.82) is 0 Å². The zero-order valence-corrected chi connectivity index (χ0v) is 22.4. The maximum atomic E-state index is 13.3. The molecule has 4 atom stereocenters. The SMILES string of the molecule is CCC(=O)CN1C(=O)c2c(ncn2[C@@H](C)C(=O)Nc2cncc(-c3cnc(N4CC5CC5C4)nc3)n2)N(C)C1O. The summed E-state index contributed by atoms with van der Waals surface area (Å²) in [6, 6.07) is -0.868. The molecule has 6 rings (SSSR count). The summed E-state index contributed by atoms with van der Waals surface area (Å²) >= 11 is 0. The van der Waals surface area contributed by atoms with Crippen molar-refractivity contribution in [1.82, 2.24) is 34.4 Å². The highest BCUT2D eigenvalue weighted by Gasteiger charge is 2.46. The van der Waals surface area contributed by atoms with Gasteiger partial charge in [0.2, 0.25) is 18.2 Å². The van der Waals surface area contributed by atoms with Gasteiger partial charge in [-0.2, -0.15) is 0 Å². The van der Waals surface area contributed by atoms with Crippen molar-refractivity contribution in [2.45, 2.75) is 39.1 Å². The fourth-order valence-corrected chi connectivity index (χ4v) is 5.22. The van der Waals surface area contributed by atoms with Gasteiger partial charge < -0.3 is 24.8 Å². The van der Waals surface area contributed by atoms with E-state index in [1.807, 2.05) is 0 Å². The molecule has 0 bridgehead atoms. The highest BCUT2D eigenvalue weighted by Crippen LogP contribution is 2.45. The van der Waals surface area contributed by atoms with Crippen LogP contribution >= 0.6 is 0 Å². The lowest BCUT2D eigenvalue weighted by Gasteiger charge is -2.38. The van der Waals surface area contributed by atoms with Gasteiger partial charge in [-0.15, -0.1) is 0 Å². The predicted octanol–water partition coefficient (Wildman–Crippen LogP) is 0.933. The van der Waals surface area contributed by atoms with Gasteiger partial charge in [0, 0.05) is 44.5 Å². The predicted molar refractivity (Wildman–Crippen MR) is 143 cm³/mol. The Morgan fingerprint density at radius 2 is 1.85 bits per heavy atom. The zero-order valence-electron chi connectivity index (χ0n) is 22.4. The van der Waals surface area contributed by atoms with Crippen LogP contribution in [0.4, 0.5) is 17.6 Å². The van der Waals surface area contributed by atoms with Gasteiger partial charge in [-0.3, -0.25) is 24.3 Å². The summed E-state index contributed by atoms with van der Waals surface area (Å²) < 4.78 is 1.42. The van der Waals surface area contributed by atoms with Crippen LogP contribution in [0.2, 0.25) is 0 Å². The standard InChI is InChI=1S/C26H30N10O4/c1-4-18(37)12-35-24(39)21-22(33(3)26(35)40)30-13-36(21)14(2)23(38)32-20-9-27-8-19(31-20)17-6-28-25(29-7-17)34-10-15-5-16(15)11-34/h6-9,13-16,26,40H,4-5,10-12H2,1-3H3,(H,31,32,38)/t14-,15?,16?,26?/m0/s1. The second-order valence-electron chi connectivity index (χ2n) is 10.5. The molecule has 14 heteroatoms. The quantitative estimate of drug-likeness (QED) is 0.413. The maximum Gasteiger partial charge on any atom is 0.278 e. The molecule has 1 saturated heterocycles. The van der Waals surface area contributed by atoms with Crippen molar-refractivity contribution in [3.05, 3.63) is 36.8 Å². The minimum atomic E-state index is -1.35. The number of ketones is 1. The van der Waals surface area contributed by atoms with Gasteiger partial charge >= 0.3 is 0 Å². The molecule has 3 aliphatic rings. The number of piperidine rings is 1. The van der Waals surface area contributed by atoms with Crippen LogP contribution in [0.5, 0.6) is 0 Å². The summed E-state index contributed by atoms with van der Waals surface area (Å²) in [6.45, 7) is 5.05. The zero-order chi connectivity index (χ0) is 28.1. The third kappa shape index (κ3) is 4.53. The third-order valence-electron chi connectivity index (χ3n) is 7.82. The maximum absolute atomic E-state index is 13.3. The van der Waals surface area contributed by atoms with Crippen LogP contribution in [0.25, 0.3) is 11.3 Å². The van der Waals surface area contributed by atoms with Gasteiger partial charge in [0.15, 0.2) is 23.1 Å². The molecular formula is C26H30N10O4. The van der Waals surface area contributed by atoms with Gasteiger partial charge in [-0.05, 0) is 25.2 Å². The number of nitrogens with zero attached hydrogens (tertiary/aromatic N) is 9. The van der Waals surface area contributed by atoms with Crippen molar-refractivity contribution >= 4 is 35.2 Å². The normalized spacial score (nSPS) is 22.1. The van der Waals surface area contributed by atoms with E-state index in [4.69, 9.17) is 0 Å². The van der Waals surface area contributed by atoms with Crippen LogP contribution < -0.4 is 15.1 Å². The van der Waals surface area contributed by atoms with E-state index in [2.05, 4.69) is 35.1 Å². The number of aliphatic hydroxyl groups excluding tert-OH is 1. The molecule has 1 aliphatic carbocycles. The Bertz CT molecular complexity index is 1460. The highest BCUT2D eigenvalue weighted by molar-refractivity contribution is 6.02. The topological polar surface area (TPSA) is 163 Å². The van der Waals surface area contributed by atoms with Crippen molar-refractivity contribution in [2.24, 2.45) is 11.8 Å². The number of nitrogens with one attached hydrogen (secondary N) is 1. The molecule has 0 radical (unpaired) electrons. The molecular weight excluding hydrogens is 516 g/mol. The number of carbonyl (C=O) groups excluding carboxylic acids is 3. The Hall–Kier alpha value is -4.46. The summed E-state index contributed by atoms with van der Waals surface area (Å²) in [5.74, 6) is 1.45. The van der Waals surface area contributed by atoms with E-state index in [9.17, 15) is 19.5 Å². The third-order valence-corrected chi connectivity index (χ3v) is 7.82. The van der Waals surface area contributed by atoms with Crippen LogP contribution in [0, 0.1) is 11.8 Å². The molecule has 40 heavy (non-hydrogen) atoms. The van der Waals surface area contributed by atoms with E-state index < -0.39 is 24.2 Å². The van der Waals surface area contributed by atoms with Crippen LogP contribution in [-0.2, 0) is 9.59 Å². The number of amides is 2. The van der Waals surface area contributed by atoms with Gasteiger partial charge in [0.25, 0.3) is 5.91 Å². The Morgan fingerprint density at radius 3 is 2.55 bits per heavy atom. The lowest BCUT2D eigenvalue weighted by atomic mass is 10.2. The number of fused-ring (bicyclic) bond motifs is 2. The molecule has 2 N–H and O–H groups in total. The molecule has 3 aromatic rings. The summed E-state index contributed by atoms with van der Waals surface area (Å²) in [4.78, 5) is 65.2. The molecule has 208 valence electrons. The van der Waals surface area contributed by atoms with E-state index in [1.54, 1.807) is 39.5 Å². The molecule has 2 aliphatic heterocycles. The molecule has 1 saturated carbocycles. The molecule has 14 nitrogen and oxygen atoms in total. The van der Waals surface area contributed by atoms with Gasteiger partial charge in [0.1, 0.15) is 6.04 Å². The van der Waals surface area contributed by atoms with Gasteiger partial charge in [-0.1, -0.05) is 6.92 Å². The second kappa shape index (κ2) is 9.93. The van der Waals surface area contributed by atoms with Crippen LogP contribution in [0.1, 0.15) is 43.2 Å². The Labute approximate surface area is 230 Å². The average molecular weight is 547 g/mol. The number of aromatic nitrogens is 6. The van der Waals surface area contributed by atoms with Crippen LogP contribution in [0.15, 0.2) is 31.1 Å². The lowest BCUT2D eigenvalue weighted by molar-refractivity contribution is -0.122. The first-order chi connectivity index (χ1) is 19.2. The van der Waals surface area contributed by atoms with E-state index in [0.29, 0.717) is 17.2 Å². The summed E-state index contributed by atoms with van der Waals surface area (Å²) in [6.07, 6.45) is 7.95. The molecule has 0 aromatic carbocycles. The first-order valence-corrected chi connectivity index (χ1v) is 13.3. The molecule has 2 fully saturated rings. The van der Waals surface area contributed by atoms with Crippen molar-refractivity contribution < 1.29 is 19.5 Å². The number of hydrogen-bond acceptors (Lipinski definition) is 11. The number of Topliss-reactive ketones (excluding diaryl/α,β-unsaturated/α-hetero) is 1. The number of carbonyl (C=O) groups is 3. The van der Waals surface area contributed by atoms with Crippen molar-refractivity contribution in [3.63, 3.8) is 0 Å². The average Bonchev–Trinajstić information content (AvgIpc) is 3.35. The number of hydrogen-bond donors (Lipinski definition) is 2. The Kier molecular flexibility index (Phi) is 6.41.